The lowest BCUT2D eigenvalue weighted by Crippen LogP contribution is -2.05. The summed E-state index contributed by atoms with van der Waals surface area (Å²) in [5, 5.41) is 0. The molecule has 1 nitrogen and oxygen atoms in total. The second-order valence-corrected chi connectivity index (χ2v) is 4.06. The van der Waals surface area contributed by atoms with Crippen LogP contribution >= 0.6 is 0 Å². The minimum absolute atomic E-state index is 0.560. The highest BCUT2D eigenvalue weighted by molar-refractivity contribution is 5.04. The molecule has 0 aromatic carbocycles. The molecular weight excluding hydrogens is 122 g/mol. The van der Waals surface area contributed by atoms with Crippen LogP contribution in [-0.2, 0) is 0 Å². The summed E-state index contributed by atoms with van der Waals surface area (Å²) in [6, 6.07) is 0. The van der Waals surface area contributed by atoms with Crippen LogP contribution in [0.3, 0.4) is 0 Å². The van der Waals surface area contributed by atoms with Crippen molar-refractivity contribution in [2.45, 2.75) is 33.6 Å². The molecular formula is C9H19N. The molecule has 0 saturated heterocycles. The molecule has 0 bridgehead atoms. The van der Waals surface area contributed by atoms with E-state index in [1.807, 2.05) is 0 Å². The van der Waals surface area contributed by atoms with E-state index in [0.29, 0.717) is 5.41 Å². The van der Waals surface area contributed by atoms with E-state index in [1.54, 1.807) is 0 Å². The minimum Gasteiger partial charge on any atom is -0.330 e. The number of rotatable bonds is 3. The van der Waals surface area contributed by atoms with E-state index >= 15 is 0 Å². The van der Waals surface area contributed by atoms with Gasteiger partial charge in [-0.15, -0.1) is 0 Å². The zero-order chi connectivity index (χ0) is 7.78. The monoisotopic (exact) mass is 141 g/mol. The first-order valence-electron chi connectivity index (χ1n) is 4.34. The summed E-state index contributed by atoms with van der Waals surface area (Å²) in [6.45, 7) is 7.81. The van der Waals surface area contributed by atoms with Gasteiger partial charge in [-0.3, -0.25) is 0 Å². The maximum atomic E-state index is 5.63. The van der Waals surface area contributed by atoms with Gasteiger partial charge in [0.15, 0.2) is 0 Å². The molecule has 2 atom stereocenters. The maximum Gasteiger partial charge on any atom is -0.00408 e. The van der Waals surface area contributed by atoms with Gasteiger partial charge < -0.3 is 5.73 Å². The third kappa shape index (κ3) is 1.07. The molecule has 0 heterocycles. The second kappa shape index (κ2) is 2.54. The van der Waals surface area contributed by atoms with Crippen molar-refractivity contribution in [1.29, 1.82) is 0 Å². The topological polar surface area (TPSA) is 26.0 Å². The van der Waals surface area contributed by atoms with Gasteiger partial charge in [0.25, 0.3) is 0 Å². The van der Waals surface area contributed by atoms with Crippen molar-refractivity contribution in [2.24, 2.45) is 23.0 Å². The number of nitrogens with two attached hydrogens (primary N) is 1. The molecule has 1 saturated carbocycles. The highest BCUT2D eigenvalue weighted by Gasteiger charge is 2.55. The first-order valence-corrected chi connectivity index (χ1v) is 4.34. The highest BCUT2D eigenvalue weighted by Crippen LogP contribution is 2.59. The number of hydrogen-bond acceptors (Lipinski definition) is 1. The first kappa shape index (κ1) is 8.06. The van der Waals surface area contributed by atoms with Gasteiger partial charge in [0.1, 0.15) is 0 Å². The highest BCUT2D eigenvalue weighted by atomic mass is 14.7. The summed E-state index contributed by atoms with van der Waals surface area (Å²) in [4.78, 5) is 0. The largest absolute Gasteiger partial charge is 0.330 e. The number of hydrogen-bond donors (Lipinski definition) is 1. The Kier molecular flexibility index (Phi) is 2.04. The lowest BCUT2D eigenvalue weighted by atomic mass is 10.1. The zero-order valence-corrected chi connectivity index (χ0v) is 7.35. The van der Waals surface area contributed by atoms with E-state index in [4.69, 9.17) is 5.73 Å². The van der Waals surface area contributed by atoms with E-state index in [2.05, 4.69) is 20.8 Å². The van der Waals surface area contributed by atoms with Crippen molar-refractivity contribution in [2.75, 3.05) is 6.54 Å². The summed E-state index contributed by atoms with van der Waals surface area (Å²) in [6.07, 6.45) is 2.68. The molecule has 0 amide bonds. The van der Waals surface area contributed by atoms with Crippen LogP contribution in [0.2, 0.25) is 0 Å². The van der Waals surface area contributed by atoms with Crippen molar-refractivity contribution >= 4 is 0 Å². The molecule has 1 fully saturated rings. The van der Waals surface area contributed by atoms with Crippen molar-refractivity contribution in [1.82, 2.24) is 0 Å². The van der Waals surface area contributed by atoms with E-state index in [0.717, 1.165) is 18.4 Å². The summed E-state index contributed by atoms with van der Waals surface area (Å²) in [5.74, 6) is 1.73. The predicted octanol–water partition coefficient (Wildman–Crippen LogP) is 2.02. The Bertz CT molecular complexity index is 118. The van der Waals surface area contributed by atoms with Gasteiger partial charge in [-0.05, 0) is 30.2 Å². The molecule has 0 unspecified atom stereocenters. The van der Waals surface area contributed by atoms with Crippen LogP contribution in [0.1, 0.15) is 33.6 Å². The Morgan fingerprint density at radius 2 is 1.90 bits per heavy atom. The Morgan fingerprint density at radius 3 is 2.20 bits per heavy atom. The second-order valence-electron chi connectivity index (χ2n) is 4.06. The lowest BCUT2D eigenvalue weighted by molar-refractivity contribution is 0.519. The molecule has 1 rings (SSSR count). The van der Waals surface area contributed by atoms with Gasteiger partial charge in [0.05, 0.1) is 0 Å². The van der Waals surface area contributed by atoms with Crippen molar-refractivity contribution in [3.63, 3.8) is 0 Å². The molecule has 2 N–H and O–H groups in total. The third-order valence-electron chi connectivity index (χ3n) is 3.14. The molecule has 60 valence electrons. The summed E-state index contributed by atoms with van der Waals surface area (Å²) < 4.78 is 0. The fourth-order valence-corrected chi connectivity index (χ4v) is 2.21. The molecule has 0 spiro atoms. The third-order valence-corrected chi connectivity index (χ3v) is 3.14. The average molecular weight is 141 g/mol. The maximum absolute atomic E-state index is 5.63. The van der Waals surface area contributed by atoms with Crippen molar-refractivity contribution in [3.8, 4) is 0 Å². The SMILES string of the molecule is CCC[C@H]1[C@H](CN)C1(C)C. The Labute approximate surface area is 64.0 Å². The van der Waals surface area contributed by atoms with Gasteiger partial charge in [-0.2, -0.15) is 0 Å². The average Bonchev–Trinajstić information content (AvgIpc) is 2.36. The van der Waals surface area contributed by atoms with E-state index in [9.17, 15) is 0 Å². The fourth-order valence-electron chi connectivity index (χ4n) is 2.21. The molecule has 0 aromatic rings. The van der Waals surface area contributed by atoms with E-state index in [1.165, 1.54) is 12.8 Å². The van der Waals surface area contributed by atoms with Crippen LogP contribution in [0.5, 0.6) is 0 Å². The van der Waals surface area contributed by atoms with Gasteiger partial charge in [-0.25, -0.2) is 0 Å². The standard InChI is InChI=1S/C9H19N/c1-4-5-7-8(6-10)9(7,2)3/h7-8H,4-6,10H2,1-3H3/t7-,8-/m0/s1. The molecule has 1 aliphatic carbocycles. The zero-order valence-electron chi connectivity index (χ0n) is 7.35. The first-order chi connectivity index (χ1) is 4.64. The normalized spacial score (nSPS) is 36.0. The smallest absolute Gasteiger partial charge is 0.00408 e. The Morgan fingerprint density at radius 1 is 1.30 bits per heavy atom. The lowest BCUT2D eigenvalue weighted by Gasteiger charge is -1.98. The van der Waals surface area contributed by atoms with Crippen LogP contribution in [-0.4, -0.2) is 6.54 Å². The molecule has 1 heteroatoms. The fraction of sp³-hybridized carbons (Fsp3) is 1.00. The minimum atomic E-state index is 0.560. The van der Waals surface area contributed by atoms with Crippen LogP contribution in [0, 0.1) is 17.3 Å². The quantitative estimate of drug-likeness (QED) is 0.639. The Hall–Kier alpha value is -0.0400. The van der Waals surface area contributed by atoms with Crippen LogP contribution in [0.4, 0.5) is 0 Å². The Balaban J connectivity index is 2.37. The van der Waals surface area contributed by atoms with E-state index < -0.39 is 0 Å². The summed E-state index contributed by atoms with van der Waals surface area (Å²) in [5.41, 5.74) is 6.19. The molecule has 1 aliphatic rings. The summed E-state index contributed by atoms with van der Waals surface area (Å²) >= 11 is 0. The van der Waals surface area contributed by atoms with Crippen molar-refractivity contribution < 1.29 is 0 Å². The molecule has 0 aromatic heterocycles. The van der Waals surface area contributed by atoms with Crippen LogP contribution in [0.25, 0.3) is 0 Å². The van der Waals surface area contributed by atoms with Gasteiger partial charge >= 0.3 is 0 Å². The van der Waals surface area contributed by atoms with Crippen LogP contribution < -0.4 is 5.73 Å². The summed E-state index contributed by atoms with van der Waals surface area (Å²) in [7, 11) is 0. The molecule has 0 radical (unpaired) electrons. The molecule has 10 heavy (non-hydrogen) atoms. The van der Waals surface area contributed by atoms with Crippen LogP contribution in [0.15, 0.2) is 0 Å². The van der Waals surface area contributed by atoms with Gasteiger partial charge in [0, 0.05) is 0 Å². The predicted molar refractivity (Wildman–Crippen MR) is 44.7 cm³/mol. The van der Waals surface area contributed by atoms with Gasteiger partial charge in [0.2, 0.25) is 0 Å². The van der Waals surface area contributed by atoms with E-state index in [-0.39, 0.29) is 0 Å². The molecule has 0 aliphatic heterocycles. The van der Waals surface area contributed by atoms with Gasteiger partial charge in [-0.1, -0.05) is 27.2 Å². The van der Waals surface area contributed by atoms with Crippen molar-refractivity contribution in [3.05, 3.63) is 0 Å².